The number of aliphatic hydroxyl groups is 1. The van der Waals surface area contributed by atoms with Crippen molar-refractivity contribution in [1.29, 1.82) is 0 Å². The minimum Gasteiger partial charge on any atom is -0.394 e. The highest BCUT2D eigenvalue weighted by Gasteiger charge is 2.30. The Morgan fingerprint density at radius 1 is 1.26 bits per heavy atom. The summed E-state index contributed by atoms with van der Waals surface area (Å²) in [6.45, 7) is -0.154. The molecule has 0 saturated carbocycles. The number of nitrogens with two attached hydrogens (primary N) is 1. The molecule has 0 spiro atoms. The van der Waals surface area contributed by atoms with Crippen LogP contribution in [0.2, 0.25) is 0 Å². The van der Waals surface area contributed by atoms with Gasteiger partial charge in [0, 0.05) is 12.7 Å². The maximum absolute atomic E-state index is 12.0. The van der Waals surface area contributed by atoms with Gasteiger partial charge < -0.3 is 20.6 Å². The van der Waals surface area contributed by atoms with Gasteiger partial charge in [0.2, 0.25) is 11.8 Å². The highest BCUT2D eigenvalue weighted by molar-refractivity contribution is 6.04. The normalized spacial score (nSPS) is 17.8. The fourth-order valence-corrected chi connectivity index (χ4v) is 2.09. The molecule has 0 bridgehead atoms. The molecule has 0 aliphatic carbocycles. The summed E-state index contributed by atoms with van der Waals surface area (Å²) >= 11 is 0. The van der Waals surface area contributed by atoms with Gasteiger partial charge >= 0.3 is 0 Å². The Bertz CT molecular complexity index is 504. The van der Waals surface area contributed by atoms with E-state index in [2.05, 4.69) is 0 Å². The molecule has 0 radical (unpaired) electrons. The maximum Gasteiger partial charge on any atom is 0.247 e. The van der Waals surface area contributed by atoms with E-state index in [0.717, 1.165) is 0 Å². The van der Waals surface area contributed by atoms with E-state index < -0.39 is 6.04 Å². The molecule has 1 fully saturated rings. The van der Waals surface area contributed by atoms with Crippen LogP contribution in [0.4, 0.5) is 5.69 Å². The molecule has 1 unspecified atom stereocenters. The summed E-state index contributed by atoms with van der Waals surface area (Å²) in [7, 11) is 1.60. The van der Waals surface area contributed by atoms with Gasteiger partial charge in [0.25, 0.3) is 0 Å². The van der Waals surface area contributed by atoms with Crippen molar-refractivity contribution in [1.82, 2.24) is 4.90 Å². The molecular weight excluding hydrogens is 246 g/mol. The van der Waals surface area contributed by atoms with E-state index in [0.29, 0.717) is 11.3 Å². The molecule has 1 aromatic rings. The molecule has 6 nitrogen and oxygen atoms in total. The molecule has 1 aliphatic rings. The van der Waals surface area contributed by atoms with Crippen molar-refractivity contribution in [2.45, 2.75) is 6.04 Å². The van der Waals surface area contributed by atoms with E-state index in [4.69, 9.17) is 10.8 Å². The first-order valence-electron chi connectivity index (χ1n) is 6.04. The van der Waals surface area contributed by atoms with Gasteiger partial charge in [-0.05, 0) is 11.6 Å². The number of amides is 2. The molecular formula is C13H17N3O3. The Morgan fingerprint density at radius 2 is 1.95 bits per heavy atom. The van der Waals surface area contributed by atoms with Crippen LogP contribution in [0.15, 0.2) is 24.3 Å². The van der Waals surface area contributed by atoms with Crippen molar-refractivity contribution in [2.75, 3.05) is 31.6 Å². The van der Waals surface area contributed by atoms with E-state index in [1.807, 2.05) is 0 Å². The lowest BCUT2D eigenvalue weighted by molar-refractivity contribution is -0.136. The summed E-state index contributed by atoms with van der Waals surface area (Å²) in [5, 5.41) is 9.17. The minimum absolute atomic E-state index is 0.00446. The number of hydrogen-bond donors (Lipinski definition) is 2. The number of nitrogens with zero attached hydrogens (tertiary/aromatic N) is 2. The summed E-state index contributed by atoms with van der Waals surface area (Å²) in [5.74, 6) is -0.272. The average Bonchev–Trinajstić information content (AvgIpc) is 2.42. The zero-order valence-electron chi connectivity index (χ0n) is 10.7. The molecule has 1 saturated heterocycles. The van der Waals surface area contributed by atoms with Crippen LogP contribution >= 0.6 is 0 Å². The summed E-state index contributed by atoms with van der Waals surface area (Å²) in [6, 6.07) is 6.49. The van der Waals surface area contributed by atoms with Crippen molar-refractivity contribution in [2.24, 2.45) is 5.73 Å². The fraction of sp³-hybridized carbons (Fsp3) is 0.385. The Hall–Kier alpha value is -1.92. The number of rotatable bonds is 3. The molecule has 1 heterocycles. The van der Waals surface area contributed by atoms with Gasteiger partial charge in [0.1, 0.15) is 6.54 Å². The van der Waals surface area contributed by atoms with Crippen LogP contribution in [0.3, 0.4) is 0 Å². The van der Waals surface area contributed by atoms with Gasteiger partial charge in [0.05, 0.1) is 19.2 Å². The van der Waals surface area contributed by atoms with E-state index >= 15 is 0 Å². The highest BCUT2D eigenvalue weighted by atomic mass is 16.3. The van der Waals surface area contributed by atoms with E-state index in [1.165, 1.54) is 9.80 Å². The Morgan fingerprint density at radius 3 is 2.63 bits per heavy atom. The van der Waals surface area contributed by atoms with Gasteiger partial charge in [-0.25, -0.2) is 0 Å². The molecule has 102 valence electrons. The second kappa shape index (κ2) is 5.38. The number of para-hydroxylation sites is 1. The molecule has 1 aromatic carbocycles. The number of carbonyl (C=O) groups is 2. The van der Waals surface area contributed by atoms with Crippen LogP contribution in [-0.4, -0.2) is 48.6 Å². The molecule has 3 N–H and O–H groups in total. The van der Waals surface area contributed by atoms with Crippen molar-refractivity contribution >= 4 is 17.5 Å². The third-order valence-electron chi connectivity index (χ3n) is 3.22. The van der Waals surface area contributed by atoms with Crippen LogP contribution in [0.25, 0.3) is 0 Å². The molecule has 1 atom stereocenters. The molecule has 0 aromatic heterocycles. The van der Waals surface area contributed by atoms with Gasteiger partial charge in [-0.1, -0.05) is 18.2 Å². The number of anilines is 1. The Balaban J connectivity index is 2.36. The minimum atomic E-state index is -0.571. The summed E-state index contributed by atoms with van der Waals surface area (Å²) in [5.41, 5.74) is 7.08. The first-order chi connectivity index (χ1) is 9.04. The van der Waals surface area contributed by atoms with Crippen LogP contribution in [0, 0.1) is 0 Å². The van der Waals surface area contributed by atoms with E-state index in [-0.39, 0.29) is 31.5 Å². The lowest BCUT2D eigenvalue weighted by atomic mass is 10.0. The molecule has 1 aliphatic heterocycles. The first kappa shape index (κ1) is 13.5. The molecule has 6 heteroatoms. The third-order valence-corrected chi connectivity index (χ3v) is 3.22. The standard InChI is InChI=1S/C13H17N3O3/c1-15-6-13(19)16(7-12(15)18)11-5-3-2-4-9(11)10(14)8-17/h2-5,10,17H,6-8,14H2,1H3. The van der Waals surface area contributed by atoms with Crippen LogP contribution in [0.5, 0.6) is 0 Å². The quantitative estimate of drug-likeness (QED) is 0.768. The number of hydrogen-bond acceptors (Lipinski definition) is 4. The van der Waals surface area contributed by atoms with Crippen molar-refractivity contribution in [3.63, 3.8) is 0 Å². The molecule has 2 amide bonds. The molecule has 2 rings (SSSR count). The predicted octanol–water partition coefficient (Wildman–Crippen LogP) is -0.516. The summed E-state index contributed by atoms with van der Waals surface area (Å²) in [4.78, 5) is 26.6. The van der Waals surface area contributed by atoms with Gasteiger partial charge in [-0.2, -0.15) is 0 Å². The van der Waals surface area contributed by atoms with Crippen LogP contribution in [0.1, 0.15) is 11.6 Å². The topological polar surface area (TPSA) is 86.9 Å². The Labute approximate surface area is 111 Å². The van der Waals surface area contributed by atoms with Crippen LogP contribution in [-0.2, 0) is 9.59 Å². The van der Waals surface area contributed by atoms with Gasteiger partial charge in [-0.15, -0.1) is 0 Å². The predicted molar refractivity (Wildman–Crippen MR) is 70.4 cm³/mol. The number of aliphatic hydroxyl groups excluding tert-OH is 1. The Kier molecular flexibility index (Phi) is 3.82. The number of piperazine rings is 1. The largest absolute Gasteiger partial charge is 0.394 e. The van der Waals surface area contributed by atoms with E-state index in [1.54, 1.807) is 31.3 Å². The van der Waals surface area contributed by atoms with Crippen molar-refractivity contribution in [3.8, 4) is 0 Å². The monoisotopic (exact) mass is 263 g/mol. The van der Waals surface area contributed by atoms with Crippen molar-refractivity contribution < 1.29 is 14.7 Å². The SMILES string of the molecule is CN1CC(=O)N(c2ccccc2C(N)CO)CC1=O. The second-order valence-electron chi connectivity index (χ2n) is 4.58. The fourth-order valence-electron chi connectivity index (χ4n) is 2.09. The van der Waals surface area contributed by atoms with Gasteiger partial charge in [0.15, 0.2) is 0 Å². The summed E-state index contributed by atoms with van der Waals surface area (Å²) < 4.78 is 0. The lowest BCUT2D eigenvalue weighted by Crippen LogP contribution is -2.52. The van der Waals surface area contributed by atoms with Crippen LogP contribution < -0.4 is 10.6 Å². The highest BCUT2D eigenvalue weighted by Crippen LogP contribution is 2.26. The van der Waals surface area contributed by atoms with E-state index in [9.17, 15) is 9.59 Å². The summed E-state index contributed by atoms with van der Waals surface area (Å²) in [6.07, 6.45) is 0. The zero-order valence-corrected chi connectivity index (χ0v) is 10.7. The maximum atomic E-state index is 12.0. The third kappa shape index (κ3) is 2.59. The average molecular weight is 263 g/mol. The number of carbonyl (C=O) groups excluding carboxylic acids is 2. The number of likely N-dealkylation sites (N-methyl/N-ethyl adjacent to an activating group) is 1. The first-order valence-corrected chi connectivity index (χ1v) is 6.04. The van der Waals surface area contributed by atoms with Crippen molar-refractivity contribution in [3.05, 3.63) is 29.8 Å². The smallest absolute Gasteiger partial charge is 0.247 e. The zero-order chi connectivity index (χ0) is 14.0. The second-order valence-corrected chi connectivity index (χ2v) is 4.58. The lowest BCUT2D eigenvalue weighted by Gasteiger charge is -2.33. The van der Waals surface area contributed by atoms with Gasteiger partial charge in [-0.3, -0.25) is 9.59 Å². The number of benzene rings is 1. The molecule has 19 heavy (non-hydrogen) atoms.